The van der Waals surface area contributed by atoms with Crippen molar-refractivity contribution in [2.24, 2.45) is 10.1 Å². The summed E-state index contributed by atoms with van der Waals surface area (Å²) in [6.45, 7) is 0. The number of halogens is 1. The summed E-state index contributed by atoms with van der Waals surface area (Å²) in [5, 5.41) is 6.85. The molecule has 1 fully saturated rings. The van der Waals surface area contributed by atoms with Gasteiger partial charge in [0.1, 0.15) is 5.75 Å². The highest BCUT2D eigenvalue weighted by Crippen LogP contribution is 2.25. The summed E-state index contributed by atoms with van der Waals surface area (Å²) in [5.74, 6) is 0.838. The molecule has 132 valence electrons. The highest BCUT2D eigenvalue weighted by Gasteiger charge is 2.20. The molecular weight excluding hydrogens is 410 g/mol. The second-order valence-corrected chi connectivity index (χ2v) is 7.85. The normalized spacial score (nSPS) is 14.9. The first-order chi connectivity index (χ1) is 12.7. The molecule has 6 heteroatoms. The average molecular weight is 428 g/mol. The number of thiazole rings is 1. The Kier molecular flexibility index (Phi) is 5.04. The standard InChI is InChI=1S/C20H18BrN3OS/c1-25-18-10-2-14(3-11-18)12-22-24-19(15-4-6-16(21)7-5-15)13-26-20(24)23-17-8-9-17/h2-7,10-13,17H,8-9H2,1H3/b22-12+,23-20?. The zero-order valence-electron chi connectivity index (χ0n) is 14.3. The van der Waals surface area contributed by atoms with Crippen molar-refractivity contribution in [1.29, 1.82) is 0 Å². The molecule has 0 aliphatic heterocycles. The summed E-state index contributed by atoms with van der Waals surface area (Å²) >= 11 is 5.13. The summed E-state index contributed by atoms with van der Waals surface area (Å²) in [4.78, 5) is 5.75. The number of hydrogen-bond donors (Lipinski definition) is 0. The Labute approximate surface area is 164 Å². The second-order valence-electron chi connectivity index (χ2n) is 6.10. The molecule has 0 saturated heterocycles. The van der Waals surface area contributed by atoms with Crippen molar-refractivity contribution in [3.05, 3.63) is 68.7 Å². The molecule has 1 saturated carbocycles. The molecule has 26 heavy (non-hydrogen) atoms. The molecule has 0 radical (unpaired) electrons. The molecule has 0 bridgehead atoms. The Morgan fingerprint density at radius 2 is 1.85 bits per heavy atom. The summed E-state index contributed by atoms with van der Waals surface area (Å²) in [7, 11) is 1.67. The minimum atomic E-state index is 0.453. The predicted molar refractivity (Wildman–Crippen MR) is 110 cm³/mol. The number of benzene rings is 2. The van der Waals surface area contributed by atoms with E-state index in [0.29, 0.717) is 6.04 Å². The fourth-order valence-corrected chi connectivity index (χ4v) is 3.67. The van der Waals surface area contributed by atoms with E-state index in [1.54, 1.807) is 18.4 Å². The third kappa shape index (κ3) is 3.97. The highest BCUT2D eigenvalue weighted by molar-refractivity contribution is 9.10. The first kappa shape index (κ1) is 17.2. The number of hydrogen-bond acceptors (Lipinski definition) is 4. The molecule has 2 aromatic carbocycles. The Morgan fingerprint density at radius 3 is 2.50 bits per heavy atom. The van der Waals surface area contributed by atoms with E-state index in [2.05, 4.69) is 33.4 Å². The smallest absolute Gasteiger partial charge is 0.206 e. The van der Waals surface area contributed by atoms with Crippen molar-refractivity contribution >= 4 is 33.5 Å². The lowest BCUT2D eigenvalue weighted by atomic mass is 10.2. The Bertz CT molecular complexity index is 983. The fraction of sp³-hybridized carbons (Fsp3) is 0.200. The number of methoxy groups -OCH3 is 1. The van der Waals surface area contributed by atoms with E-state index >= 15 is 0 Å². The van der Waals surface area contributed by atoms with Crippen LogP contribution in [0.4, 0.5) is 0 Å². The quantitative estimate of drug-likeness (QED) is 0.531. The van der Waals surface area contributed by atoms with E-state index in [1.807, 2.05) is 47.3 Å². The van der Waals surface area contributed by atoms with Gasteiger partial charge in [-0.3, -0.25) is 4.99 Å². The first-order valence-corrected chi connectivity index (χ1v) is 10.1. The van der Waals surface area contributed by atoms with E-state index in [0.717, 1.165) is 31.8 Å². The van der Waals surface area contributed by atoms with E-state index in [1.165, 1.54) is 12.8 Å². The summed E-state index contributed by atoms with van der Waals surface area (Å²) in [6.07, 6.45) is 4.21. The molecule has 3 aromatic rings. The van der Waals surface area contributed by atoms with Crippen LogP contribution in [0.5, 0.6) is 5.75 Å². The third-order valence-electron chi connectivity index (χ3n) is 4.10. The van der Waals surface area contributed by atoms with Crippen LogP contribution >= 0.6 is 27.3 Å². The zero-order chi connectivity index (χ0) is 17.9. The van der Waals surface area contributed by atoms with Crippen LogP contribution in [-0.4, -0.2) is 24.0 Å². The van der Waals surface area contributed by atoms with Gasteiger partial charge < -0.3 is 4.74 Å². The molecule has 0 spiro atoms. The molecule has 0 N–H and O–H groups in total. The Balaban J connectivity index is 1.73. The van der Waals surface area contributed by atoms with E-state index in [9.17, 15) is 0 Å². The van der Waals surface area contributed by atoms with Crippen molar-refractivity contribution in [3.63, 3.8) is 0 Å². The van der Waals surface area contributed by atoms with Crippen molar-refractivity contribution < 1.29 is 4.74 Å². The third-order valence-corrected chi connectivity index (χ3v) is 5.46. The fourth-order valence-electron chi connectivity index (χ4n) is 2.49. The van der Waals surface area contributed by atoms with Crippen LogP contribution in [0.2, 0.25) is 0 Å². The largest absolute Gasteiger partial charge is 0.497 e. The van der Waals surface area contributed by atoms with Crippen molar-refractivity contribution in [3.8, 4) is 17.0 Å². The van der Waals surface area contributed by atoms with Gasteiger partial charge in [0.2, 0.25) is 4.80 Å². The molecule has 0 atom stereocenters. The summed E-state index contributed by atoms with van der Waals surface area (Å²) < 4.78 is 8.21. The topological polar surface area (TPSA) is 38.9 Å². The van der Waals surface area contributed by atoms with Gasteiger partial charge in [-0.1, -0.05) is 28.1 Å². The average Bonchev–Trinajstić information content (AvgIpc) is 3.40. The number of aromatic nitrogens is 1. The second kappa shape index (κ2) is 7.60. The van der Waals surface area contributed by atoms with Gasteiger partial charge in [0.15, 0.2) is 0 Å². The number of nitrogens with zero attached hydrogens (tertiary/aromatic N) is 3. The molecule has 1 aliphatic carbocycles. The summed E-state index contributed by atoms with van der Waals surface area (Å²) in [5.41, 5.74) is 3.18. The maximum atomic E-state index is 5.21. The van der Waals surface area contributed by atoms with Gasteiger partial charge in [0.25, 0.3) is 0 Å². The van der Waals surface area contributed by atoms with Crippen molar-refractivity contribution in [2.45, 2.75) is 18.9 Å². The zero-order valence-corrected chi connectivity index (χ0v) is 16.7. The van der Waals surface area contributed by atoms with Gasteiger partial charge in [0, 0.05) is 15.4 Å². The molecule has 1 aromatic heterocycles. The number of rotatable bonds is 5. The van der Waals surface area contributed by atoms with Gasteiger partial charge in [-0.15, -0.1) is 11.3 Å². The van der Waals surface area contributed by atoms with Crippen LogP contribution in [0.15, 0.2) is 68.5 Å². The Hall–Kier alpha value is -2.18. The van der Waals surface area contributed by atoms with Crippen LogP contribution in [-0.2, 0) is 0 Å². The van der Waals surface area contributed by atoms with Gasteiger partial charge in [-0.05, 0) is 54.8 Å². The molecule has 0 unspecified atom stereocenters. The lowest BCUT2D eigenvalue weighted by molar-refractivity contribution is 0.415. The van der Waals surface area contributed by atoms with Gasteiger partial charge in [0.05, 0.1) is 25.1 Å². The molecule has 4 rings (SSSR count). The molecule has 0 amide bonds. The van der Waals surface area contributed by atoms with Gasteiger partial charge in [-0.25, -0.2) is 4.68 Å². The van der Waals surface area contributed by atoms with Crippen molar-refractivity contribution in [2.75, 3.05) is 7.11 Å². The van der Waals surface area contributed by atoms with Crippen LogP contribution in [0.1, 0.15) is 18.4 Å². The Morgan fingerprint density at radius 1 is 1.12 bits per heavy atom. The molecular formula is C20H18BrN3OS. The minimum absolute atomic E-state index is 0.453. The first-order valence-electron chi connectivity index (χ1n) is 8.41. The van der Waals surface area contributed by atoms with E-state index in [-0.39, 0.29) is 0 Å². The summed E-state index contributed by atoms with van der Waals surface area (Å²) in [6, 6.07) is 16.6. The van der Waals surface area contributed by atoms with Crippen LogP contribution in [0, 0.1) is 0 Å². The van der Waals surface area contributed by atoms with Crippen molar-refractivity contribution in [1.82, 2.24) is 4.68 Å². The minimum Gasteiger partial charge on any atom is -0.497 e. The molecule has 1 aliphatic rings. The van der Waals surface area contributed by atoms with Crippen LogP contribution < -0.4 is 9.54 Å². The molecule has 1 heterocycles. The predicted octanol–water partition coefficient (Wildman–Crippen LogP) is 4.93. The monoisotopic (exact) mass is 427 g/mol. The van der Waals surface area contributed by atoms with Crippen LogP contribution in [0.3, 0.4) is 0 Å². The lowest BCUT2D eigenvalue weighted by Crippen LogP contribution is -2.13. The highest BCUT2D eigenvalue weighted by atomic mass is 79.9. The van der Waals surface area contributed by atoms with Crippen LogP contribution in [0.25, 0.3) is 11.3 Å². The van der Waals surface area contributed by atoms with Gasteiger partial charge in [-0.2, -0.15) is 5.10 Å². The SMILES string of the molecule is COc1ccc(/C=N/n2c(-c3ccc(Br)cc3)csc2=NC2CC2)cc1. The van der Waals surface area contributed by atoms with E-state index in [4.69, 9.17) is 14.8 Å². The maximum absolute atomic E-state index is 5.21. The molecule has 4 nitrogen and oxygen atoms in total. The maximum Gasteiger partial charge on any atom is 0.206 e. The van der Waals surface area contributed by atoms with E-state index < -0.39 is 0 Å². The lowest BCUT2D eigenvalue weighted by Gasteiger charge is -2.04. The van der Waals surface area contributed by atoms with Gasteiger partial charge >= 0.3 is 0 Å². The number of ether oxygens (including phenoxy) is 1.